The molecule has 0 aliphatic heterocycles. The molecule has 0 bridgehead atoms. The maximum Gasteiger partial charge on any atom is 0.317 e. The van der Waals surface area contributed by atoms with E-state index in [0.29, 0.717) is 26.1 Å². The van der Waals surface area contributed by atoms with E-state index in [1.54, 1.807) is 26.2 Å². The fraction of sp³-hybridized carbons (Fsp3) is 0.381. The Bertz CT molecular complexity index is 731. The van der Waals surface area contributed by atoms with Crippen LogP contribution in [-0.2, 0) is 6.42 Å². The van der Waals surface area contributed by atoms with Gasteiger partial charge in [0.15, 0.2) is 0 Å². The molecule has 2 aromatic carbocycles. The predicted octanol–water partition coefficient (Wildman–Crippen LogP) is 3.28. The van der Waals surface area contributed by atoms with Gasteiger partial charge in [0, 0.05) is 13.6 Å². The Morgan fingerprint density at radius 3 is 2.41 bits per heavy atom. The molecule has 2 aromatic rings. The molecular weight excluding hydrogens is 344 g/mol. The number of carbonyl (C=O) groups excluding carboxylic acids is 1. The first-order chi connectivity index (χ1) is 13.0. The summed E-state index contributed by atoms with van der Waals surface area (Å²) in [5, 5.41) is 2.91. The first-order valence-electron chi connectivity index (χ1n) is 8.93. The molecule has 0 spiro atoms. The highest BCUT2D eigenvalue weighted by molar-refractivity contribution is 5.73. The van der Waals surface area contributed by atoms with Crippen molar-refractivity contribution in [2.75, 3.05) is 41.0 Å². The van der Waals surface area contributed by atoms with Gasteiger partial charge in [0.2, 0.25) is 0 Å². The molecule has 146 valence electrons. The number of urea groups is 1. The first-order valence-corrected chi connectivity index (χ1v) is 8.93. The van der Waals surface area contributed by atoms with E-state index in [2.05, 4.69) is 5.32 Å². The summed E-state index contributed by atoms with van der Waals surface area (Å²) in [6.45, 7) is 3.48. The van der Waals surface area contributed by atoms with Gasteiger partial charge >= 0.3 is 6.03 Å². The molecule has 0 saturated heterocycles. The van der Waals surface area contributed by atoms with Crippen LogP contribution in [0.5, 0.6) is 17.2 Å². The molecular formula is C21H28N2O4. The lowest BCUT2D eigenvalue weighted by atomic mass is 10.1. The molecule has 1 N–H and O–H groups in total. The van der Waals surface area contributed by atoms with Crippen LogP contribution in [0.15, 0.2) is 42.5 Å². The number of hydrogen-bond acceptors (Lipinski definition) is 4. The summed E-state index contributed by atoms with van der Waals surface area (Å²) in [5.74, 6) is 2.35. The summed E-state index contributed by atoms with van der Waals surface area (Å²) in [6, 6.07) is 13.4. The molecule has 27 heavy (non-hydrogen) atoms. The monoisotopic (exact) mass is 372 g/mol. The van der Waals surface area contributed by atoms with Crippen molar-refractivity contribution >= 4 is 6.03 Å². The van der Waals surface area contributed by atoms with Crippen molar-refractivity contribution in [1.82, 2.24) is 10.2 Å². The number of ether oxygens (including phenoxy) is 3. The van der Waals surface area contributed by atoms with Gasteiger partial charge in [0.1, 0.15) is 23.9 Å². The van der Waals surface area contributed by atoms with Crippen LogP contribution in [-0.4, -0.2) is 51.9 Å². The Morgan fingerprint density at radius 1 is 1.04 bits per heavy atom. The first kappa shape index (κ1) is 20.4. The van der Waals surface area contributed by atoms with Crippen LogP contribution in [0, 0.1) is 6.92 Å². The van der Waals surface area contributed by atoms with Crippen LogP contribution in [0.3, 0.4) is 0 Å². The van der Waals surface area contributed by atoms with E-state index in [4.69, 9.17) is 14.2 Å². The summed E-state index contributed by atoms with van der Waals surface area (Å²) >= 11 is 0. The molecule has 2 rings (SSSR count). The minimum atomic E-state index is -0.135. The highest BCUT2D eigenvalue weighted by Crippen LogP contribution is 2.24. The number of aryl methyl sites for hydroxylation is 1. The summed E-state index contributed by atoms with van der Waals surface area (Å²) in [4.78, 5) is 13.8. The highest BCUT2D eigenvalue weighted by atomic mass is 16.5. The standard InChI is InChI=1S/C21H28N2O4/c1-16-5-7-18(8-6-16)27-14-13-23(2)21(24)22-12-11-17-15-19(25-3)9-10-20(17)26-4/h5-10,15H,11-14H2,1-4H3,(H,22,24). The van der Waals surface area contributed by atoms with E-state index in [9.17, 15) is 4.79 Å². The third-order valence-corrected chi connectivity index (χ3v) is 4.22. The van der Waals surface area contributed by atoms with Gasteiger partial charge in [0.05, 0.1) is 20.8 Å². The number of hydrogen-bond donors (Lipinski definition) is 1. The Kier molecular flexibility index (Phi) is 7.79. The van der Waals surface area contributed by atoms with Crippen molar-refractivity contribution in [3.63, 3.8) is 0 Å². The van der Waals surface area contributed by atoms with E-state index < -0.39 is 0 Å². The Labute approximate surface area is 161 Å². The zero-order valence-electron chi connectivity index (χ0n) is 16.5. The van der Waals surface area contributed by atoms with Gasteiger partial charge in [-0.15, -0.1) is 0 Å². The Balaban J connectivity index is 1.74. The molecule has 0 fully saturated rings. The molecule has 0 radical (unpaired) electrons. The lowest BCUT2D eigenvalue weighted by Gasteiger charge is -2.18. The Hall–Kier alpha value is -2.89. The fourth-order valence-electron chi connectivity index (χ4n) is 2.55. The molecule has 0 aliphatic carbocycles. The third kappa shape index (κ3) is 6.40. The number of rotatable bonds is 9. The van der Waals surface area contributed by atoms with Crippen molar-refractivity contribution in [1.29, 1.82) is 0 Å². The maximum absolute atomic E-state index is 12.2. The summed E-state index contributed by atoms with van der Waals surface area (Å²) < 4.78 is 16.3. The predicted molar refractivity (Wildman–Crippen MR) is 106 cm³/mol. The van der Waals surface area contributed by atoms with Gasteiger partial charge in [-0.05, 0) is 49.2 Å². The van der Waals surface area contributed by atoms with E-state index >= 15 is 0 Å². The molecule has 0 atom stereocenters. The lowest BCUT2D eigenvalue weighted by molar-refractivity contribution is 0.195. The minimum Gasteiger partial charge on any atom is -0.497 e. The van der Waals surface area contributed by atoms with Gasteiger partial charge in [-0.1, -0.05) is 17.7 Å². The van der Waals surface area contributed by atoms with Crippen LogP contribution in [0.25, 0.3) is 0 Å². The number of carbonyl (C=O) groups is 1. The van der Waals surface area contributed by atoms with E-state index in [0.717, 1.165) is 22.8 Å². The van der Waals surface area contributed by atoms with Crippen molar-refractivity contribution in [3.05, 3.63) is 53.6 Å². The molecule has 0 unspecified atom stereocenters. The zero-order valence-corrected chi connectivity index (χ0v) is 16.5. The average molecular weight is 372 g/mol. The van der Waals surface area contributed by atoms with Crippen LogP contribution in [0.4, 0.5) is 4.79 Å². The number of benzene rings is 2. The van der Waals surface area contributed by atoms with Gasteiger partial charge in [-0.2, -0.15) is 0 Å². The number of nitrogens with one attached hydrogen (secondary N) is 1. The smallest absolute Gasteiger partial charge is 0.317 e. The maximum atomic E-state index is 12.2. The number of methoxy groups -OCH3 is 2. The van der Waals surface area contributed by atoms with Crippen LogP contribution >= 0.6 is 0 Å². The van der Waals surface area contributed by atoms with Gasteiger partial charge in [-0.25, -0.2) is 4.79 Å². The second-order valence-electron chi connectivity index (χ2n) is 6.24. The quantitative estimate of drug-likeness (QED) is 0.734. The molecule has 6 heteroatoms. The van der Waals surface area contributed by atoms with Crippen LogP contribution < -0.4 is 19.5 Å². The molecule has 0 aliphatic rings. The van der Waals surface area contributed by atoms with Crippen LogP contribution in [0.2, 0.25) is 0 Å². The normalized spacial score (nSPS) is 10.2. The van der Waals surface area contributed by atoms with E-state index in [1.165, 1.54) is 5.56 Å². The fourth-order valence-corrected chi connectivity index (χ4v) is 2.55. The largest absolute Gasteiger partial charge is 0.497 e. The summed E-state index contributed by atoms with van der Waals surface area (Å²) in [7, 11) is 5.01. The van der Waals surface area contributed by atoms with Crippen molar-refractivity contribution in [2.24, 2.45) is 0 Å². The van der Waals surface area contributed by atoms with E-state index in [-0.39, 0.29) is 6.03 Å². The molecule has 0 saturated carbocycles. The molecule has 6 nitrogen and oxygen atoms in total. The number of likely N-dealkylation sites (N-methyl/N-ethyl adjacent to an activating group) is 1. The zero-order chi connectivity index (χ0) is 19.6. The molecule has 0 aromatic heterocycles. The number of nitrogens with zero attached hydrogens (tertiary/aromatic N) is 1. The topological polar surface area (TPSA) is 60.0 Å². The van der Waals surface area contributed by atoms with Crippen LogP contribution in [0.1, 0.15) is 11.1 Å². The second kappa shape index (κ2) is 10.3. The van der Waals surface area contributed by atoms with Crippen molar-refractivity contribution in [2.45, 2.75) is 13.3 Å². The van der Waals surface area contributed by atoms with Gasteiger partial charge in [0.25, 0.3) is 0 Å². The molecule has 2 amide bonds. The minimum absolute atomic E-state index is 0.135. The van der Waals surface area contributed by atoms with Crippen molar-refractivity contribution in [3.8, 4) is 17.2 Å². The van der Waals surface area contributed by atoms with Gasteiger partial charge in [-0.3, -0.25) is 0 Å². The van der Waals surface area contributed by atoms with E-state index in [1.807, 2.05) is 49.4 Å². The summed E-state index contributed by atoms with van der Waals surface area (Å²) in [5.41, 5.74) is 2.18. The van der Waals surface area contributed by atoms with Crippen molar-refractivity contribution < 1.29 is 19.0 Å². The SMILES string of the molecule is COc1ccc(OC)c(CCNC(=O)N(C)CCOc2ccc(C)cc2)c1. The summed E-state index contributed by atoms with van der Waals surface area (Å²) in [6.07, 6.45) is 0.653. The lowest BCUT2D eigenvalue weighted by Crippen LogP contribution is -2.40. The Morgan fingerprint density at radius 2 is 1.74 bits per heavy atom. The third-order valence-electron chi connectivity index (χ3n) is 4.22. The number of amides is 2. The average Bonchev–Trinajstić information content (AvgIpc) is 2.69. The highest BCUT2D eigenvalue weighted by Gasteiger charge is 2.10. The molecule has 0 heterocycles. The van der Waals surface area contributed by atoms with Gasteiger partial charge < -0.3 is 24.4 Å². The second-order valence-corrected chi connectivity index (χ2v) is 6.24.